The third-order valence-electron chi connectivity index (χ3n) is 2.83. The van der Waals surface area contributed by atoms with E-state index in [1.807, 2.05) is 0 Å². The Labute approximate surface area is 138 Å². The van der Waals surface area contributed by atoms with Gasteiger partial charge >= 0.3 is 0 Å². The molecule has 2 aromatic carbocycles. The highest BCUT2D eigenvalue weighted by atomic mass is 35.5. The molecule has 0 atom stereocenters. The Balaban J connectivity index is 2.48. The average Bonchev–Trinajstić information content (AvgIpc) is 2.50. The number of hydrogen-bond donors (Lipinski definition) is 1. The number of methoxy groups -OCH3 is 2. The molecule has 0 radical (unpaired) electrons. The van der Waals surface area contributed by atoms with Gasteiger partial charge in [-0.2, -0.15) is 0 Å². The molecule has 0 spiro atoms. The van der Waals surface area contributed by atoms with Crippen LogP contribution in [0.4, 0.5) is 5.69 Å². The fourth-order valence-electron chi connectivity index (χ4n) is 1.77. The number of ether oxygens (including phenoxy) is 2. The van der Waals surface area contributed by atoms with Crippen molar-refractivity contribution in [1.82, 2.24) is 0 Å². The summed E-state index contributed by atoms with van der Waals surface area (Å²) in [6.07, 6.45) is 0. The molecule has 1 N–H and O–H groups in total. The van der Waals surface area contributed by atoms with E-state index in [0.29, 0.717) is 10.8 Å². The second kappa shape index (κ2) is 6.64. The van der Waals surface area contributed by atoms with Crippen molar-refractivity contribution in [2.45, 2.75) is 4.90 Å². The summed E-state index contributed by atoms with van der Waals surface area (Å²) in [6, 6.07) is 8.96. The van der Waals surface area contributed by atoms with Crippen LogP contribution in [0.1, 0.15) is 0 Å². The molecule has 0 saturated heterocycles. The highest BCUT2D eigenvalue weighted by Gasteiger charge is 2.21. The van der Waals surface area contributed by atoms with Gasteiger partial charge in [-0.1, -0.05) is 23.2 Å². The third kappa shape index (κ3) is 3.58. The number of sulfonamides is 1. The van der Waals surface area contributed by atoms with Gasteiger partial charge in [0.15, 0.2) is 0 Å². The summed E-state index contributed by atoms with van der Waals surface area (Å²) in [7, 11) is -1.10. The van der Waals surface area contributed by atoms with E-state index in [0.717, 1.165) is 0 Å². The van der Waals surface area contributed by atoms with Gasteiger partial charge in [-0.3, -0.25) is 4.72 Å². The van der Waals surface area contributed by atoms with Gasteiger partial charge in [0.25, 0.3) is 10.0 Å². The topological polar surface area (TPSA) is 64.6 Å². The van der Waals surface area contributed by atoms with Crippen LogP contribution in [0.15, 0.2) is 41.3 Å². The quantitative estimate of drug-likeness (QED) is 0.879. The van der Waals surface area contributed by atoms with Crippen LogP contribution in [-0.4, -0.2) is 22.6 Å². The van der Waals surface area contributed by atoms with Crippen molar-refractivity contribution in [3.63, 3.8) is 0 Å². The van der Waals surface area contributed by atoms with E-state index in [-0.39, 0.29) is 21.4 Å². The lowest BCUT2D eigenvalue weighted by Gasteiger charge is -2.13. The second-order valence-electron chi connectivity index (χ2n) is 4.25. The minimum atomic E-state index is -3.93. The molecule has 5 nitrogen and oxygen atoms in total. The maximum Gasteiger partial charge on any atom is 0.265 e. The first-order valence-electron chi connectivity index (χ1n) is 6.07. The fraction of sp³-hybridized carbons (Fsp3) is 0.143. The smallest absolute Gasteiger partial charge is 0.265 e. The number of halogens is 2. The normalized spacial score (nSPS) is 11.1. The molecule has 22 heavy (non-hydrogen) atoms. The minimum Gasteiger partial charge on any atom is -0.497 e. The third-order valence-corrected chi connectivity index (χ3v) is 4.78. The zero-order valence-corrected chi connectivity index (χ0v) is 14.1. The highest BCUT2D eigenvalue weighted by molar-refractivity contribution is 7.92. The average molecular weight is 362 g/mol. The van der Waals surface area contributed by atoms with E-state index in [1.54, 1.807) is 12.1 Å². The Kier molecular flexibility index (Phi) is 5.05. The minimum absolute atomic E-state index is 0.0645. The molecule has 0 amide bonds. The van der Waals surface area contributed by atoms with E-state index in [9.17, 15) is 8.42 Å². The molecule has 0 heterocycles. The summed E-state index contributed by atoms with van der Waals surface area (Å²) in [4.78, 5) is -0.0645. The van der Waals surface area contributed by atoms with Crippen LogP contribution >= 0.6 is 23.2 Å². The van der Waals surface area contributed by atoms with Gasteiger partial charge in [0.2, 0.25) is 0 Å². The van der Waals surface area contributed by atoms with E-state index in [4.69, 9.17) is 32.7 Å². The molecule has 0 saturated carbocycles. The lowest BCUT2D eigenvalue weighted by molar-refractivity contribution is 0.392. The number of rotatable bonds is 5. The molecule has 0 unspecified atom stereocenters. The molecular formula is C14H13Cl2NO4S. The Morgan fingerprint density at radius 3 is 2.36 bits per heavy atom. The standard InChI is InChI=1S/C14H13Cl2NO4S/c1-20-10-4-6-13(21-2)14(8-10)22(18,19)17-12-7-9(15)3-5-11(12)16/h3-8,17H,1-2H3. The van der Waals surface area contributed by atoms with Gasteiger partial charge in [-0.25, -0.2) is 8.42 Å². The summed E-state index contributed by atoms with van der Waals surface area (Å²) in [5.74, 6) is 0.574. The van der Waals surface area contributed by atoms with Crippen LogP contribution < -0.4 is 14.2 Å². The zero-order valence-electron chi connectivity index (χ0n) is 11.8. The fourth-order valence-corrected chi connectivity index (χ4v) is 3.42. The summed E-state index contributed by atoms with van der Waals surface area (Å²) < 4.78 is 37.7. The zero-order chi connectivity index (χ0) is 16.3. The monoisotopic (exact) mass is 361 g/mol. The van der Waals surface area contributed by atoms with Crippen molar-refractivity contribution in [2.24, 2.45) is 0 Å². The molecule has 0 aliphatic rings. The Morgan fingerprint density at radius 1 is 1.00 bits per heavy atom. The van der Waals surface area contributed by atoms with Crippen LogP contribution in [0.2, 0.25) is 10.0 Å². The van der Waals surface area contributed by atoms with Gasteiger partial charge in [-0.15, -0.1) is 0 Å². The van der Waals surface area contributed by atoms with Crippen LogP contribution in [0.3, 0.4) is 0 Å². The molecule has 0 aromatic heterocycles. The van der Waals surface area contributed by atoms with Gasteiger partial charge in [0, 0.05) is 11.1 Å². The highest BCUT2D eigenvalue weighted by Crippen LogP contribution is 2.32. The SMILES string of the molecule is COc1ccc(OC)c(S(=O)(=O)Nc2cc(Cl)ccc2Cl)c1. The Bertz CT molecular complexity index is 793. The van der Waals surface area contributed by atoms with Crippen LogP contribution in [0.5, 0.6) is 11.5 Å². The molecule has 0 aliphatic carbocycles. The van der Waals surface area contributed by atoms with Crippen molar-refractivity contribution in [3.8, 4) is 11.5 Å². The first-order valence-corrected chi connectivity index (χ1v) is 8.31. The molecule has 2 aromatic rings. The number of hydrogen-bond acceptors (Lipinski definition) is 4. The lowest BCUT2D eigenvalue weighted by Crippen LogP contribution is -2.14. The number of benzene rings is 2. The largest absolute Gasteiger partial charge is 0.497 e. The number of anilines is 1. The van der Waals surface area contributed by atoms with Crippen molar-refractivity contribution >= 4 is 38.9 Å². The van der Waals surface area contributed by atoms with Crippen molar-refractivity contribution in [2.75, 3.05) is 18.9 Å². The van der Waals surface area contributed by atoms with Crippen molar-refractivity contribution in [3.05, 3.63) is 46.4 Å². The maximum absolute atomic E-state index is 12.6. The van der Waals surface area contributed by atoms with E-state index >= 15 is 0 Å². The first-order chi connectivity index (χ1) is 10.4. The predicted octanol–water partition coefficient (Wildman–Crippen LogP) is 3.81. The number of nitrogens with one attached hydrogen (secondary N) is 1. The predicted molar refractivity (Wildman–Crippen MR) is 86.8 cm³/mol. The van der Waals surface area contributed by atoms with Crippen LogP contribution in [0, 0.1) is 0 Å². The van der Waals surface area contributed by atoms with Crippen molar-refractivity contribution < 1.29 is 17.9 Å². The molecular weight excluding hydrogens is 349 g/mol. The van der Waals surface area contributed by atoms with Crippen molar-refractivity contribution in [1.29, 1.82) is 0 Å². The van der Waals surface area contributed by atoms with Gasteiger partial charge in [-0.05, 0) is 30.3 Å². The summed E-state index contributed by atoms with van der Waals surface area (Å²) in [5.41, 5.74) is 0.180. The first kappa shape index (κ1) is 16.7. The van der Waals surface area contributed by atoms with E-state index in [2.05, 4.69) is 4.72 Å². The molecule has 0 aliphatic heterocycles. The summed E-state index contributed by atoms with van der Waals surface area (Å²) >= 11 is 11.8. The summed E-state index contributed by atoms with van der Waals surface area (Å²) in [6.45, 7) is 0. The van der Waals surface area contributed by atoms with Gasteiger partial charge in [0.1, 0.15) is 16.4 Å². The second-order valence-corrected chi connectivity index (χ2v) is 6.74. The van der Waals surface area contributed by atoms with Crippen LogP contribution in [0.25, 0.3) is 0 Å². The summed E-state index contributed by atoms with van der Waals surface area (Å²) in [5, 5.41) is 0.592. The molecule has 0 fully saturated rings. The Hall–Kier alpha value is -1.63. The van der Waals surface area contributed by atoms with E-state index < -0.39 is 10.0 Å². The Morgan fingerprint density at radius 2 is 1.73 bits per heavy atom. The molecule has 118 valence electrons. The molecule has 2 rings (SSSR count). The molecule has 0 bridgehead atoms. The molecule has 8 heteroatoms. The van der Waals surface area contributed by atoms with Gasteiger partial charge < -0.3 is 9.47 Å². The maximum atomic E-state index is 12.6. The van der Waals surface area contributed by atoms with E-state index in [1.165, 1.54) is 38.5 Å². The lowest BCUT2D eigenvalue weighted by atomic mass is 10.3. The van der Waals surface area contributed by atoms with Crippen LogP contribution in [-0.2, 0) is 10.0 Å². The van der Waals surface area contributed by atoms with Gasteiger partial charge in [0.05, 0.1) is 24.9 Å².